The molecule has 1 aromatic heterocycles. The number of pyridine rings is 1. The van der Waals surface area contributed by atoms with E-state index in [2.05, 4.69) is 40.7 Å². The van der Waals surface area contributed by atoms with Crippen molar-refractivity contribution in [1.82, 2.24) is 10.4 Å². The predicted octanol–water partition coefficient (Wildman–Crippen LogP) is 3.64. The number of nitrogens with one attached hydrogen (secondary N) is 1. The molecule has 1 unspecified atom stereocenters. The molecule has 3 rings (SSSR count). The van der Waals surface area contributed by atoms with Crippen LogP contribution in [0.25, 0.3) is 10.8 Å². The summed E-state index contributed by atoms with van der Waals surface area (Å²) >= 11 is 6.20. The molecule has 0 amide bonds. The molecule has 4 heteroatoms. The van der Waals surface area contributed by atoms with Crippen molar-refractivity contribution in [1.29, 1.82) is 0 Å². The third-order valence-electron chi connectivity index (χ3n) is 3.68. The third kappa shape index (κ3) is 2.90. The highest BCUT2D eigenvalue weighted by Gasteiger charge is 2.15. The molecule has 2 aromatic carbocycles. The quantitative estimate of drug-likeness (QED) is 0.571. The standard InChI is InChI=1S/C17H16ClN3/c18-16-11-20-9-8-13(16)10-17(21-19)15-7-3-5-12-4-1-2-6-14(12)15/h1-9,11,17,21H,10,19H2. The number of benzene rings is 2. The molecule has 1 atom stereocenters. The second-order valence-corrected chi connectivity index (χ2v) is 5.37. The molecule has 3 aromatic rings. The summed E-state index contributed by atoms with van der Waals surface area (Å²) in [5.41, 5.74) is 5.11. The zero-order valence-electron chi connectivity index (χ0n) is 11.5. The number of fused-ring (bicyclic) bond motifs is 1. The van der Waals surface area contributed by atoms with Gasteiger partial charge in [0.15, 0.2) is 0 Å². The van der Waals surface area contributed by atoms with E-state index in [0.29, 0.717) is 11.4 Å². The minimum absolute atomic E-state index is 0.00370. The lowest BCUT2D eigenvalue weighted by Gasteiger charge is -2.19. The maximum Gasteiger partial charge on any atom is 0.0622 e. The lowest BCUT2D eigenvalue weighted by molar-refractivity contribution is 0.555. The van der Waals surface area contributed by atoms with Gasteiger partial charge < -0.3 is 0 Å². The minimum Gasteiger partial charge on any atom is -0.271 e. The van der Waals surface area contributed by atoms with Crippen molar-refractivity contribution in [3.05, 3.63) is 77.1 Å². The summed E-state index contributed by atoms with van der Waals surface area (Å²) < 4.78 is 0. The number of aromatic nitrogens is 1. The predicted molar refractivity (Wildman–Crippen MR) is 87.0 cm³/mol. The average Bonchev–Trinajstić information content (AvgIpc) is 2.54. The molecule has 0 spiro atoms. The van der Waals surface area contributed by atoms with E-state index >= 15 is 0 Å². The SMILES string of the molecule is NNC(Cc1ccncc1Cl)c1cccc2ccccc12. The first-order valence-corrected chi connectivity index (χ1v) is 7.19. The number of halogens is 1. The van der Waals surface area contributed by atoms with Crippen molar-refractivity contribution in [2.24, 2.45) is 5.84 Å². The number of nitrogens with zero attached hydrogens (tertiary/aromatic N) is 1. The van der Waals surface area contributed by atoms with E-state index in [4.69, 9.17) is 17.4 Å². The van der Waals surface area contributed by atoms with Crippen LogP contribution in [0.1, 0.15) is 17.2 Å². The van der Waals surface area contributed by atoms with Gasteiger partial charge in [0.25, 0.3) is 0 Å². The van der Waals surface area contributed by atoms with E-state index in [1.54, 1.807) is 12.4 Å². The van der Waals surface area contributed by atoms with E-state index in [0.717, 1.165) is 5.56 Å². The van der Waals surface area contributed by atoms with Crippen LogP contribution in [0.5, 0.6) is 0 Å². The van der Waals surface area contributed by atoms with Crippen LogP contribution in [0.2, 0.25) is 5.02 Å². The van der Waals surface area contributed by atoms with E-state index in [-0.39, 0.29) is 6.04 Å². The maximum atomic E-state index is 6.20. The van der Waals surface area contributed by atoms with Crippen LogP contribution < -0.4 is 11.3 Å². The summed E-state index contributed by atoms with van der Waals surface area (Å²) in [6.07, 6.45) is 4.12. The Morgan fingerprint density at radius 1 is 1.10 bits per heavy atom. The lowest BCUT2D eigenvalue weighted by Crippen LogP contribution is -2.29. The molecule has 106 valence electrons. The Bertz CT molecular complexity index is 752. The Morgan fingerprint density at radius 3 is 2.71 bits per heavy atom. The van der Waals surface area contributed by atoms with Crippen molar-refractivity contribution < 1.29 is 0 Å². The zero-order chi connectivity index (χ0) is 14.7. The van der Waals surface area contributed by atoms with Crippen molar-refractivity contribution in [3.8, 4) is 0 Å². The molecular weight excluding hydrogens is 282 g/mol. The minimum atomic E-state index is -0.00370. The van der Waals surface area contributed by atoms with E-state index in [9.17, 15) is 0 Å². The number of hydrazine groups is 1. The zero-order valence-corrected chi connectivity index (χ0v) is 12.2. The second kappa shape index (κ2) is 6.22. The lowest BCUT2D eigenvalue weighted by atomic mass is 9.95. The summed E-state index contributed by atoms with van der Waals surface area (Å²) in [4.78, 5) is 4.02. The van der Waals surface area contributed by atoms with Crippen molar-refractivity contribution >= 4 is 22.4 Å². The highest BCUT2D eigenvalue weighted by Crippen LogP contribution is 2.28. The van der Waals surface area contributed by atoms with Crippen molar-refractivity contribution in [2.45, 2.75) is 12.5 Å². The molecule has 0 saturated carbocycles. The molecule has 0 radical (unpaired) electrons. The molecule has 21 heavy (non-hydrogen) atoms. The van der Waals surface area contributed by atoms with Gasteiger partial charge in [0.2, 0.25) is 0 Å². The van der Waals surface area contributed by atoms with Gasteiger partial charge in [-0.15, -0.1) is 0 Å². The molecule has 3 N–H and O–H groups in total. The summed E-state index contributed by atoms with van der Waals surface area (Å²) in [5.74, 6) is 5.79. The van der Waals surface area contributed by atoms with Crippen LogP contribution in [0.4, 0.5) is 0 Å². The fourth-order valence-corrected chi connectivity index (χ4v) is 2.80. The van der Waals surface area contributed by atoms with Gasteiger partial charge in [-0.1, -0.05) is 54.1 Å². The van der Waals surface area contributed by atoms with Gasteiger partial charge in [-0.25, -0.2) is 0 Å². The van der Waals surface area contributed by atoms with Crippen LogP contribution in [-0.4, -0.2) is 4.98 Å². The van der Waals surface area contributed by atoms with Crippen molar-refractivity contribution in [3.63, 3.8) is 0 Å². The number of hydrogen-bond donors (Lipinski definition) is 2. The molecular formula is C17H16ClN3. The molecule has 3 nitrogen and oxygen atoms in total. The first-order chi connectivity index (χ1) is 10.3. The molecule has 0 bridgehead atoms. The van der Waals surface area contributed by atoms with Crippen LogP contribution >= 0.6 is 11.6 Å². The van der Waals surface area contributed by atoms with Gasteiger partial charge in [0.1, 0.15) is 0 Å². The van der Waals surface area contributed by atoms with Gasteiger partial charge in [0, 0.05) is 12.4 Å². The van der Waals surface area contributed by atoms with Gasteiger partial charge in [-0.2, -0.15) is 0 Å². The van der Waals surface area contributed by atoms with Gasteiger partial charge in [-0.3, -0.25) is 16.3 Å². The number of nitrogens with two attached hydrogens (primary N) is 1. The van der Waals surface area contributed by atoms with Crippen LogP contribution in [0.3, 0.4) is 0 Å². The van der Waals surface area contributed by atoms with Gasteiger partial charge >= 0.3 is 0 Å². The fourth-order valence-electron chi connectivity index (χ4n) is 2.60. The van der Waals surface area contributed by atoms with Crippen LogP contribution in [-0.2, 0) is 6.42 Å². The van der Waals surface area contributed by atoms with E-state index in [1.807, 2.05) is 18.2 Å². The van der Waals surface area contributed by atoms with Crippen molar-refractivity contribution in [2.75, 3.05) is 0 Å². The Hall–Kier alpha value is -1.94. The van der Waals surface area contributed by atoms with Gasteiger partial charge in [0.05, 0.1) is 11.1 Å². The molecule has 1 heterocycles. The normalized spacial score (nSPS) is 12.5. The molecule has 0 aliphatic rings. The Labute approximate surface area is 128 Å². The Kier molecular flexibility index (Phi) is 4.15. The Balaban J connectivity index is 2.01. The summed E-state index contributed by atoms with van der Waals surface area (Å²) in [7, 11) is 0. The molecule has 0 fully saturated rings. The summed E-state index contributed by atoms with van der Waals surface area (Å²) in [6, 6.07) is 16.5. The average molecular weight is 298 g/mol. The summed E-state index contributed by atoms with van der Waals surface area (Å²) in [6.45, 7) is 0. The first-order valence-electron chi connectivity index (χ1n) is 6.82. The number of hydrogen-bond acceptors (Lipinski definition) is 3. The Morgan fingerprint density at radius 2 is 1.90 bits per heavy atom. The monoisotopic (exact) mass is 297 g/mol. The number of rotatable bonds is 4. The highest BCUT2D eigenvalue weighted by atomic mass is 35.5. The fraction of sp³-hybridized carbons (Fsp3) is 0.118. The van der Waals surface area contributed by atoms with Crippen LogP contribution in [0, 0.1) is 0 Å². The largest absolute Gasteiger partial charge is 0.271 e. The summed E-state index contributed by atoms with van der Waals surface area (Å²) in [5, 5.41) is 3.07. The van der Waals surface area contributed by atoms with E-state index < -0.39 is 0 Å². The molecule has 0 aliphatic carbocycles. The second-order valence-electron chi connectivity index (χ2n) is 4.96. The molecule has 0 saturated heterocycles. The molecule has 0 aliphatic heterocycles. The third-order valence-corrected chi connectivity index (χ3v) is 4.02. The topological polar surface area (TPSA) is 50.9 Å². The van der Waals surface area contributed by atoms with Crippen LogP contribution in [0.15, 0.2) is 60.9 Å². The smallest absolute Gasteiger partial charge is 0.0622 e. The van der Waals surface area contributed by atoms with Gasteiger partial charge in [-0.05, 0) is 34.4 Å². The maximum absolute atomic E-state index is 6.20. The highest BCUT2D eigenvalue weighted by molar-refractivity contribution is 6.31. The van der Waals surface area contributed by atoms with E-state index in [1.165, 1.54) is 16.3 Å². The first kappa shape index (κ1) is 14.0.